The van der Waals surface area contributed by atoms with Gasteiger partial charge in [0.05, 0.1) is 7.11 Å². The monoisotopic (exact) mass is 375 g/mol. The van der Waals surface area contributed by atoms with Gasteiger partial charge in [0.2, 0.25) is 5.91 Å². The molecule has 27 heavy (non-hydrogen) atoms. The molecule has 1 N–H and O–H groups in total. The van der Waals surface area contributed by atoms with E-state index in [-0.39, 0.29) is 17.4 Å². The van der Waals surface area contributed by atoms with E-state index < -0.39 is 6.61 Å². The van der Waals surface area contributed by atoms with Gasteiger partial charge in [-0.3, -0.25) is 4.79 Å². The third-order valence-electron chi connectivity index (χ3n) is 3.87. The first kappa shape index (κ1) is 20.4. The summed E-state index contributed by atoms with van der Waals surface area (Å²) in [4.78, 5) is 12.1. The lowest BCUT2D eigenvalue weighted by Crippen LogP contribution is -2.07. The second-order valence-corrected chi connectivity index (χ2v) is 5.91. The standard InChI is InChI=1S/C21H23F2NO3/c1-3-4-5-15-6-10-17(11-7-15)24-20(25)13-9-16-8-12-18(27-21(22)23)19(14-16)26-2/h6-14,21H,3-5H2,1-2H3,(H,24,25)/b13-9+. The van der Waals surface area contributed by atoms with Gasteiger partial charge in [-0.05, 0) is 54.3 Å². The zero-order valence-electron chi connectivity index (χ0n) is 15.4. The Balaban J connectivity index is 1.97. The van der Waals surface area contributed by atoms with Crippen molar-refractivity contribution in [2.45, 2.75) is 32.8 Å². The molecule has 0 atom stereocenters. The van der Waals surface area contributed by atoms with Crippen LogP contribution in [0.25, 0.3) is 6.08 Å². The van der Waals surface area contributed by atoms with E-state index in [1.807, 2.05) is 24.3 Å². The fraction of sp³-hybridized carbons (Fsp3) is 0.286. The average Bonchev–Trinajstić information content (AvgIpc) is 2.66. The van der Waals surface area contributed by atoms with E-state index in [0.29, 0.717) is 11.3 Å². The van der Waals surface area contributed by atoms with Crippen LogP contribution in [0, 0.1) is 0 Å². The Labute approximate surface area is 157 Å². The van der Waals surface area contributed by atoms with Gasteiger partial charge in [0.15, 0.2) is 11.5 Å². The predicted molar refractivity (Wildman–Crippen MR) is 102 cm³/mol. The summed E-state index contributed by atoms with van der Waals surface area (Å²) in [5.74, 6) is -0.180. The molecular formula is C21H23F2NO3. The van der Waals surface area contributed by atoms with E-state index in [9.17, 15) is 13.6 Å². The zero-order valence-corrected chi connectivity index (χ0v) is 15.4. The Morgan fingerprint density at radius 2 is 1.89 bits per heavy atom. The molecular weight excluding hydrogens is 352 g/mol. The number of carbonyl (C=O) groups is 1. The molecule has 1 amide bonds. The molecule has 0 radical (unpaired) electrons. The number of amides is 1. The molecule has 6 heteroatoms. The van der Waals surface area contributed by atoms with Crippen LogP contribution in [0.2, 0.25) is 0 Å². The molecule has 4 nitrogen and oxygen atoms in total. The largest absolute Gasteiger partial charge is 0.493 e. The molecule has 0 spiro atoms. The lowest BCUT2D eigenvalue weighted by atomic mass is 10.1. The summed E-state index contributed by atoms with van der Waals surface area (Å²) in [6.45, 7) is -0.782. The van der Waals surface area contributed by atoms with E-state index in [4.69, 9.17) is 4.74 Å². The summed E-state index contributed by atoms with van der Waals surface area (Å²) in [5, 5.41) is 2.78. The predicted octanol–water partition coefficient (Wildman–Crippen LogP) is 5.29. The number of hydrogen-bond acceptors (Lipinski definition) is 3. The number of benzene rings is 2. The molecule has 0 bridgehead atoms. The van der Waals surface area contributed by atoms with Crippen LogP contribution in [0.3, 0.4) is 0 Å². The van der Waals surface area contributed by atoms with Crippen LogP contribution in [0.4, 0.5) is 14.5 Å². The number of methoxy groups -OCH3 is 1. The molecule has 0 aromatic heterocycles. The number of carbonyl (C=O) groups excluding carboxylic acids is 1. The number of aryl methyl sites for hydroxylation is 1. The normalized spacial score (nSPS) is 11.0. The maximum atomic E-state index is 12.3. The zero-order chi connectivity index (χ0) is 19.6. The third kappa shape index (κ3) is 6.73. The molecule has 0 aliphatic heterocycles. The van der Waals surface area contributed by atoms with Crippen molar-refractivity contribution in [3.8, 4) is 11.5 Å². The number of alkyl halides is 2. The van der Waals surface area contributed by atoms with Gasteiger partial charge in [-0.2, -0.15) is 8.78 Å². The van der Waals surface area contributed by atoms with Gasteiger partial charge in [0.1, 0.15) is 0 Å². The van der Waals surface area contributed by atoms with Gasteiger partial charge in [-0.25, -0.2) is 0 Å². The van der Waals surface area contributed by atoms with Crippen molar-refractivity contribution in [3.63, 3.8) is 0 Å². The SMILES string of the molecule is CCCCc1ccc(NC(=O)/C=C/c2ccc(OC(F)F)c(OC)c2)cc1. The summed E-state index contributed by atoms with van der Waals surface area (Å²) < 4.78 is 34.1. The van der Waals surface area contributed by atoms with Crippen LogP contribution in [-0.4, -0.2) is 19.6 Å². The Bertz CT molecular complexity index is 773. The Morgan fingerprint density at radius 1 is 1.15 bits per heavy atom. The average molecular weight is 375 g/mol. The first-order valence-electron chi connectivity index (χ1n) is 8.72. The van der Waals surface area contributed by atoms with Crippen LogP contribution >= 0.6 is 0 Å². The molecule has 0 heterocycles. The van der Waals surface area contributed by atoms with Gasteiger partial charge in [-0.15, -0.1) is 0 Å². The number of hydrogen-bond donors (Lipinski definition) is 1. The minimum absolute atomic E-state index is 0.0581. The summed E-state index contributed by atoms with van der Waals surface area (Å²) in [6.07, 6.45) is 6.24. The summed E-state index contributed by atoms with van der Waals surface area (Å²) >= 11 is 0. The third-order valence-corrected chi connectivity index (χ3v) is 3.87. The van der Waals surface area contributed by atoms with E-state index in [1.54, 1.807) is 12.1 Å². The summed E-state index contributed by atoms with van der Waals surface area (Å²) in [5.41, 5.74) is 2.57. The first-order chi connectivity index (χ1) is 13.0. The van der Waals surface area contributed by atoms with Crippen LogP contribution in [0.5, 0.6) is 11.5 Å². The Morgan fingerprint density at radius 3 is 2.52 bits per heavy atom. The van der Waals surface area contributed by atoms with E-state index in [1.165, 1.54) is 30.9 Å². The number of rotatable bonds is 9. The summed E-state index contributed by atoms with van der Waals surface area (Å²) in [7, 11) is 1.36. The molecule has 2 aromatic carbocycles. The van der Waals surface area contributed by atoms with Crippen LogP contribution in [0.15, 0.2) is 48.5 Å². The quantitative estimate of drug-likeness (QED) is 0.606. The topological polar surface area (TPSA) is 47.6 Å². The maximum absolute atomic E-state index is 12.3. The van der Waals surface area contributed by atoms with Gasteiger partial charge < -0.3 is 14.8 Å². The molecule has 144 valence electrons. The fourth-order valence-electron chi connectivity index (χ4n) is 2.47. The minimum Gasteiger partial charge on any atom is -0.493 e. The van der Waals surface area contributed by atoms with E-state index in [0.717, 1.165) is 19.3 Å². The fourth-order valence-corrected chi connectivity index (χ4v) is 2.47. The smallest absolute Gasteiger partial charge is 0.387 e. The van der Waals surface area contributed by atoms with Gasteiger partial charge in [0.25, 0.3) is 0 Å². The second-order valence-electron chi connectivity index (χ2n) is 5.91. The van der Waals surface area contributed by atoms with Crippen LogP contribution in [0.1, 0.15) is 30.9 Å². The van der Waals surface area contributed by atoms with E-state index >= 15 is 0 Å². The molecule has 0 aliphatic carbocycles. The molecule has 0 unspecified atom stereocenters. The van der Waals surface area contributed by atoms with Crippen molar-refractivity contribution in [1.82, 2.24) is 0 Å². The van der Waals surface area contributed by atoms with Crippen molar-refractivity contribution in [2.24, 2.45) is 0 Å². The number of unbranched alkanes of at least 4 members (excludes halogenated alkanes) is 1. The maximum Gasteiger partial charge on any atom is 0.387 e. The van der Waals surface area contributed by atoms with Crippen LogP contribution in [-0.2, 0) is 11.2 Å². The Kier molecular flexibility index (Phi) is 7.79. The number of anilines is 1. The summed E-state index contributed by atoms with van der Waals surface area (Å²) in [6, 6.07) is 12.2. The highest BCUT2D eigenvalue weighted by atomic mass is 19.3. The minimum atomic E-state index is -2.93. The van der Waals surface area contributed by atoms with Crippen molar-refractivity contribution in [2.75, 3.05) is 12.4 Å². The van der Waals surface area contributed by atoms with Crippen molar-refractivity contribution < 1.29 is 23.0 Å². The van der Waals surface area contributed by atoms with Crippen molar-refractivity contribution in [1.29, 1.82) is 0 Å². The molecule has 0 fully saturated rings. The van der Waals surface area contributed by atoms with Gasteiger partial charge in [-0.1, -0.05) is 31.5 Å². The molecule has 2 rings (SSSR count). The van der Waals surface area contributed by atoms with Gasteiger partial charge >= 0.3 is 6.61 Å². The Hall–Kier alpha value is -2.89. The van der Waals surface area contributed by atoms with Gasteiger partial charge in [0, 0.05) is 11.8 Å². The van der Waals surface area contributed by atoms with E-state index in [2.05, 4.69) is 17.0 Å². The molecule has 0 aliphatic rings. The lowest BCUT2D eigenvalue weighted by molar-refractivity contribution is -0.111. The highest BCUT2D eigenvalue weighted by Gasteiger charge is 2.10. The lowest BCUT2D eigenvalue weighted by Gasteiger charge is -2.10. The molecule has 0 saturated heterocycles. The number of ether oxygens (including phenoxy) is 2. The number of halogens is 2. The highest BCUT2D eigenvalue weighted by Crippen LogP contribution is 2.29. The second kappa shape index (κ2) is 10.3. The highest BCUT2D eigenvalue weighted by molar-refractivity contribution is 6.01. The van der Waals surface area contributed by atoms with Crippen LogP contribution < -0.4 is 14.8 Å². The first-order valence-corrected chi connectivity index (χ1v) is 8.72. The van der Waals surface area contributed by atoms with Crippen molar-refractivity contribution in [3.05, 3.63) is 59.7 Å². The number of nitrogens with one attached hydrogen (secondary N) is 1. The molecule has 0 saturated carbocycles. The molecule has 2 aromatic rings. The van der Waals surface area contributed by atoms with Crippen molar-refractivity contribution >= 4 is 17.7 Å².